The van der Waals surface area contributed by atoms with Crippen LogP contribution in [0.15, 0.2) is 54.6 Å². The Bertz CT molecular complexity index is 628. The van der Waals surface area contributed by atoms with Gasteiger partial charge in [0.25, 0.3) is 0 Å². The van der Waals surface area contributed by atoms with Gasteiger partial charge in [-0.3, -0.25) is 9.80 Å². The number of halogens is 1. The molecule has 1 saturated heterocycles. The first-order chi connectivity index (χ1) is 12.2. The SMILES string of the molecule is O[C@@H](COc1ccc(Cl)cc1)CN1CCN(Cc2ccccc2)CC1. The van der Waals surface area contributed by atoms with Crippen LogP contribution in [0, 0.1) is 0 Å². The molecule has 0 spiro atoms. The predicted molar refractivity (Wildman–Crippen MR) is 101 cm³/mol. The molecular weight excluding hydrogens is 336 g/mol. The zero-order chi connectivity index (χ0) is 17.5. The summed E-state index contributed by atoms with van der Waals surface area (Å²) in [4.78, 5) is 4.76. The molecule has 1 aliphatic rings. The molecule has 1 N–H and O–H groups in total. The number of hydrogen-bond acceptors (Lipinski definition) is 4. The third-order valence-electron chi connectivity index (χ3n) is 4.44. The van der Waals surface area contributed by atoms with Gasteiger partial charge in [-0.15, -0.1) is 0 Å². The van der Waals surface area contributed by atoms with Crippen molar-refractivity contribution in [3.05, 3.63) is 65.2 Å². The maximum atomic E-state index is 10.2. The molecule has 1 atom stereocenters. The lowest BCUT2D eigenvalue weighted by molar-refractivity contribution is 0.0446. The van der Waals surface area contributed by atoms with Gasteiger partial charge in [-0.25, -0.2) is 0 Å². The number of ether oxygens (including phenoxy) is 1. The lowest BCUT2D eigenvalue weighted by Gasteiger charge is -2.35. The Morgan fingerprint density at radius 2 is 1.56 bits per heavy atom. The van der Waals surface area contributed by atoms with Crippen LogP contribution in [0.3, 0.4) is 0 Å². The fraction of sp³-hybridized carbons (Fsp3) is 0.400. The minimum Gasteiger partial charge on any atom is -0.491 e. The summed E-state index contributed by atoms with van der Waals surface area (Å²) < 4.78 is 5.62. The van der Waals surface area contributed by atoms with E-state index in [9.17, 15) is 5.11 Å². The molecule has 0 unspecified atom stereocenters. The molecule has 0 bridgehead atoms. The minimum atomic E-state index is -0.489. The van der Waals surface area contributed by atoms with E-state index in [1.807, 2.05) is 12.1 Å². The second kappa shape index (κ2) is 9.20. The van der Waals surface area contributed by atoms with Gasteiger partial charge in [-0.1, -0.05) is 41.9 Å². The van der Waals surface area contributed by atoms with Gasteiger partial charge in [0.05, 0.1) is 0 Å². The Kier molecular flexibility index (Phi) is 6.70. The normalized spacial score (nSPS) is 17.4. The Morgan fingerprint density at radius 3 is 2.24 bits per heavy atom. The molecule has 5 heteroatoms. The van der Waals surface area contributed by atoms with Crippen LogP contribution in [0.1, 0.15) is 5.56 Å². The summed E-state index contributed by atoms with van der Waals surface area (Å²) in [5.41, 5.74) is 1.35. The van der Waals surface area contributed by atoms with Crippen LogP contribution < -0.4 is 4.74 Å². The van der Waals surface area contributed by atoms with Crippen molar-refractivity contribution in [2.24, 2.45) is 0 Å². The summed E-state index contributed by atoms with van der Waals surface area (Å²) in [5.74, 6) is 0.733. The number of nitrogens with zero attached hydrogens (tertiary/aromatic N) is 2. The molecule has 3 rings (SSSR count). The highest BCUT2D eigenvalue weighted by Crippen LogP contribution is 2.16. The van der Waals surface area contributed by atoms with Crippen molar-refractivity contribution < 1.29 is 9.84 Å². The van der Waals surface area contributed by atoms with Crippen molar-refractivity contribution in [3.8, 4) is 5.75 Å². The van der Waals surface area contributed by atoms with Crippen molar-refractivity contribution in [1.29, 1.82) is 0 Å². The third-order valence-corrected chi connectivity index (χ3v) is 4.69. The van der Waals surface area contributed by atoms with Crippen LogP contribution >= 0.6 is 11.6 Å². The first kappa shape index (κ1) is 18.2. The topological polar surface area (TPSA) is 35.9 Å². The van der Waals surface area contributed by atoms with E-state index in [0.29, 0.717) is 18.2 Å². The van der Waals surface area contributed by atoms with Crippen LogP contribution in [-0.2, 0) is 6.54 Å². The fourth-order valence-corrected chi connectivity index (χ4v) is 3.17. The highest BCUT2D eigenvalue weighted by atomic mass is 35.5. The second-order valence-corrected chi connectivity index (χ2v) is 6.92. The lowest BCUT2D eigenvalue weighted by atomic mass is 10.2. The first-order valence-electron chi connectivity index (χ1n) is 8.74. The van der Waals surface area contributed by atoms with Gasteiger partial charge < -0.3 is 9.84 Å². The minimum absolute atomic E-state index is 0.297. The number of β-amino-alcohol motifs (C(OH)–C–C–N with tert-alkyl or cyclic N) is 1. The van der Waals surface area contributed by atoms with Gasteiger partial charge in [0.1, 0.15) is 18.5 Å². The van der Waals surface area contributed by atoms with Gasteiger partial charge in [0.15, 0.2) is 0 Å². The van der Waals surface area contributed by atoms with Gasteiger partial charge in [-0.2, -0.15) is 0 Å². The Labute approximate surface area is 154 Å². The Balaban J connectivity index is 1.36. The molecule has 25 heavy (non-hydrogen) atoms. The summed E-state index contributed by atoms with van der Waals surface area (Å²) in [6.07, 6.45) is -0.489. The molecule has 1 fully saturated rings. The van der Waals surface area contributed by atoms with Gasteiger partial charge in [0.2, 0.25) is 0 Å². The quantitative estimate of drug-likeness (QED) is 0.823. The van der Waals surface area contributed by atoms with Crippen LogP contribution in [-0.4, -0.2) is 60.3 Å². The molecule has 2 aromatic carbocycles. The number of rotatable bonds is 7. The number of benzene rings is 2. The van der Waals surface area contributed by atoms with E-state index in [-0.39, 0.29) is 0 Å². The van der Waals surface area contributed by atoms with Gasteiger partial charge in [0, 0.05) is 44.3 Å². The van der Waals surface area contributed by atoms with Crippen molar-refractivity contribution in [3.63, 3.8) is 0 Å². The largest absolute Gasteiger partial charge is 0.491 e. The molecule has 0 saturated carbocycles. The molecule has 0 aliphatic carbocycles. The number of hydrogen-bond donors (Lipinski definition) is 1. The summed E-state index contributed by atoms with van der Waals surface area (Å²) >= 11 is 5.85. The van der Waals surface area contributed by atoms with Gasteiger partial charge >= 0.3 is 0 Å². The van der Waals surface area contributed by atoms with E-state index in [1.54, 1.807) is 12.1 Å². The fourth-order valence-electron chi connectivity index (χ4n) is 3.05. The van der Waals surface area contributed by atoms with E-state index < -0.39 is 6.10 Å². The molecule has 4 nitrogen and oxygen atoms in total. The van der Waals surface area contributed by atoms with Crippen molar-refractivity contribution in [2.75, 3.05) is 39.3 Å². The zero-order valence-electron chi connectivity index (χ0n) is 14.4. The molecule has 2 aromatic rings. The van der Waals surface area contributed by atoms with Crippen molar-refractivity contribution in [1.82, 2.24) is 9.80 Å². The number of piperazine rings is 1. The summed E-state index contributed by atoms with van der Waals surface area (Å²) in [6, 6.07) is 17.8. The van der Waals surface area contributed by atoms with Crippen LogP contribution in [0.4, 0.5) is 0 Å². The van der Waals surface area contributed by atoms with Crippen molar-refractivity contribution in [2.45, 2.75) is 12.6 Å². The van der Waals surface area contributed by atoms with E-state index in [0.717, 1.165) is 38.5 Å². The van der Waals surface area contributed by atoms with E-state index in [1.165, 1.54) is 5.56 Å². The van der Waals surface area contributed by atoms with E-state index in [2.05, 4.69) is 40.1 Å². The highest BCUT2D eigenvalue weighted by Gasteiger charge is 2.19. The average Bonchev–Trinajstić information content (AvgIpc) is 2.64. The maximum Gasteiger partial charge on any atom is 0.119 e. The van der Waals surface area contributed by atoms with Crippen LogP contribution in [0.2, 0.25) is 5.02 Å². The van der Waals surface area contributed by atoms with E-state index in [4.69, 9.17) is 16.3 Å². The Hall–Kier alpha value is -1.59. The number of aliphatic hydroxyl groups excluding tert-OH is 1. The molecule has 0 radical (unpaired) electrons. The summed E-state index contributed by atoms with van der Waals surface area (Å²) in [7, 11) is 0. The molecular formula is C20H25ClN2O2. The summed E-state index contributed by atoms with van der Waals surface area (Å²) in [6.45, 7) is 5.95. The van der Waals surface area contributed by atoms with Crippen molar-refractivity contribution >= 4 is 11.6 Å². The molecule has 1 aliphatic heterocycles. The Morgan fingerprint density at radius 1 is 0.920 bits per heavy atom. The average molecular weight is 361 g/mol. The maximum absolute atomic E-state index is 10.2. The molecule has 134 valence electrons. The van der Waals surface area contributed by atoms with Gasteiger partial charge in [-0.05, 0) is 29.8 Å². The van der Waals surface area contributed by atoms with Crippen LogP contribution in [0.25, 0.3) is 0 Å². The third kappa shape index (κ3) is 6.01. The molecule has 0 aromatic heterocycles. The standard InChI is InChI=1S/C20H25ClN2O2/c21-18-6-8-20(9-7-18)25-16-19(24)15-23-12-10-22(11-13-23)14-17-4-2-1-3-5-17/h1-9,19,24H,10-16H2/t19-/m1/s1. The lowest BCUT2D eigenvalue weighted by Crippen LogP contribution is -2.48. The van der Waals surface area contributed by atoms with E-state index >= 15 is 0 Å². The monoisotopic (exact) mass is 360 g/mol. The molecule has 1 heterocycles. The first-order valence-corrected chi connectivity index (χ1v) is 9.12. The second-order valence-electron chi connectivity index (χ2n) is 6.48. The smallest absolute Gasteiger partial charge is 0.119 e. The van der Waals surface area contributed by atoms with Crippen LogP contribution in [0.5, 0.6) is 5.75 Å². The number of aliphatic hydroxyl groups is 1. The summed E-state index contributed by atoms with van der Waals surface area (Å²) in [5, 5.41) is 10.9. The zero-order valence-corrected chi connectivity index (χ0v) is 15.1. The highest BCUT2D eigenvalue weighted by molar-refractivity contribution is 6.30. The molecule has 0 amide bonds. The predicted octanol–water partition coefficient (Wildman–Crippen LogP) is 2.90.